The van der Waals surface area contributed by atoms with Gasteiger partial charge in [0.15, 0.2) is 39.3 Å². The fraction of sp³-hybridized carbons (Fsp3) is 0.545. The van der Waals surface area contributed by atoms with E-state index in [1.54, 1.807) is 0 Å². The van der Waals surface area contributed by atoms with Crippen molar-refractivity contribution in [2.45, 2.75) is 5.15 Å². The summed E-state index contributed by atoms with van der Waals surface area (Å²) in [5.41, 5.74) is 0. The largest absolute Gasteiger partial charge is 0.338 e. The second kappa shape index (κ2) is 6.94. The molecule has 1 rings (SSSR count). The zero-order valence-corrected chi connectivity index (χ0v) is 19.3. The Labute approximate surface area is 164 Å². The Kier molecular flexibility index (Phi) is 6.15. The molecular formula is C11H16BNO10S5. The van der Waals surface area contributed by atoms with E-state index in [2.05, 4.69) is 0 Å². The Balaban J connectivity index is 4.77. The normalized spacial score (nSPS) is 20.3. The Morgan fingerprint density at radius 1 is 0.679 bits per heavy atom. The van der Waals surface area contributed by atoms with E-state index in [1.165, 1.54) is 5.97 Å². The van der Waals surface area contributed by atoms with Crippen LogP contribution in [0.15, 0.2) is 19.5 Å². The molecule has 0 spiro atoms. The molecule has 1 heterocycles. The average Bonchev–Trinajstić information content (AvgIpc) is 2.38. The minimum absolute atomic E-state index is 0.407. The van der Waals surface area contributed by atoms with Gasteiger partial charge >= 0.3 is 6.71 Å². The Morgan fingerprint density at radius 3 is 1.29 bits per heavy atom. The summed E-state index contributed by atoms with van der Waals surface area (Å²) in [7, 11) is -23.5. The smallest absolute Gasteiger partial charge is 0.229 e. The molecule has 158 valence electrons. The fourth-order valence-corrected chi connectivity index (χ4v) is 12.1. The highest BCUT2D eigenvalue weighted by molar-refractivity contribution is 8.05. The summed E-state index contributed by atoms with van der Waals surface area (Å²) in [6, 6.07) is 0. The summed E-state index contributed by atoms with van der Waals surface area (Å²) in [4.78, 5) is -5.50. The van der Waals surface area contributed by atoms with Crippen LogP contribution in [0.4, 0.5) is 0 Å². The first-order chi connectivity index (χ1) is 12.1. The topological polar surface area (TPSA) is 194 Å². The number of nitrogens with zero attached hydrogens (tertiary/aromatic N) is 1. The van der Waals surface area contributed by atoms with Gasteiger partial charge in [-0.3, -0.25) is 0 Å². The molecule has 0 bridgehead atoms. The monoisotopic (exact) mass is 493 g/mol. The van der Waals surface area contributed by atoms with Crippen LogP contribution in [0, 0.1) is 11.2 Å². The van der Waals surface area contributed by atoms with Crippen molar-refractivity contribution in [3.05, 3.63) is 19.5 Å². The lowest BCUT2D eigenvalue weighted by Gasteiger charge is -2.30. The zero-order chi connectivity index (χ0) is 22.7. The summed E-state index contributed by atoms with van der Waals surface area (Å²) in [5, 5.41) is 7.02. The van der Waals surface area contributed by atoms with Gasteiger partial charge in [0.1, 0.15) is 14.7 Å². The molecule has 0 N–H and O–H groups in total. The van der Waals surface area contributed by atoms with E-state index in [-0.39, 0.29) is 0 Å². The highest BCUT2D eigenvalue weighted by atomic mass is 32.2. The summed E-state index contributed by atoms with van der Waals surface area (Å²) in [5.74, 6) is 1.32. The molecule has 0 fully saturated rings. The molecule has 28 heavy (non-hydrogen) atoms. The second-order valence-corrected chi connectivity index (χ2v) is 16.4. The third kappa shape index (κ3) is 4.67. The van der Waals surface area contributed by atoms with E-state index < -0.39 is 80.6 Å². The first-order valence-electron chi connectivity index (χ1n) is 6.93. The lowest BCUT2D eigenvalue weighted by atomic mass is 9.46. The minimum Gasteiger partial charge on any atom is -0.229 e. The SMILES string of the molecule is CS(=O)(=O)C1=C(S(C)(=O)=O)C(S(C)(=O)=O)=C(S(C)(=O)=O)C(S(C)(=O)=O)B1C#N. The van der Waals surface area contributed by atoms with Gasteiger partial charge in [0, 0.05) is 37.2 Å². The molecule has 17 heteroatoms. The van der Waals surface area contributed by atoms with Gasteiger partial charge in [0.25, 0.3) is 0 Å². The van der Waals surface area contributed by atoms with E-state index in [0.717, 1.165) is 0 Å². The van der Waals surface area contributed by atoms with Crippen molar-refractivity contribution in [1.82, 2.24) is 0 Å². The highest BCUT2D eigenvalue weighted by Gasteiger charge is 2.55. The first-order valence-corrected chi connectivity index (χ1v) is 16.5. The van der Waals surface area contributed by atoms with Crippen LogP contribution in [0.2, 0.25) is 0 Å². The average molecular weight is 493 g/mol. The van der Waals surface area contributed by atoms with Crippen molar-refractivity contribution in [1.29, 1.82) is 5.26 Å². The molecule has 1 aliphatic rings. The molecule has 0 aromatic heterocycles. The predicted octanol–water partition coefficient (Wildman–Crippen LogP) is -2.35. The van der Waals surface area contributed by atoms with Gasteiger partial charge < -0.3 is 0 Å². The summed E-state index contributed by atoms with van der Waals surface area (Å²) in [6.45, 7) is -2.29. The van der Waals surface area contributed by atoms with Crippen LogP contribution in [0.3, 0.4) is 0 Å². The number of hydrogen-bond donors (Lipinski definition) is 0. The van der Waals surface area contributed by atoms with Crippen LogP contribution in [0.5, 0.6) is 0 Å². The van der Waals surface area contributed by atoms with Crippen molar-refractivity contribution < 1.29 is 42.1 Å². The van der Waals surface area contributed by atoms with E-state index in [9.17, 15) is 47.4 Å². The molecule has 0 aromatic carbocycles. The summed E-state index contributed by atoms with van der Waals surface area (Å²) in [6.07, 6.45) is 2.21. The van der Waals surface area contributed by atoms with Gasteiger partial charge in [-0.05, 0) is 0 Å². The number of rotatable bonds is 5. The molecule has 0 saturated carbocycles. The van der Waals surface area contributed by atoms with Gasteiger partial charge in [0.05, 0.1) is 19.8 Å². The Bertz CT molecular complexity index is 1370. The molecule has 0 amide bonds. The van der Waals surface area contributed by atoms with E-state index in [1.807, 2.05) is 0 Å². The van der Waals surface area contributed by atoms with Crippen LogP contribution in [-0.2, 0) is 49.2 Å². The van der Waals surface area contributed by atoms with Crippen molar-refractivity contribution in [3.63, 3.8) is 0 Å². The van der Waals surface area contributed by atoms with E-state index in [4.69, 9.17) is 0 Å². The molecule has 0 saturated heterocycles. The molecule has 11 nitrogen and oxygen atoms in total. The van der Waals surface area contributed by atoms with Gasteiger partial charge in [-0.2, -0.15) is 0 Å². The van der Waals surface area contributed by atoms with Crippen LogP contribution >= 0.6 is 0 Å². The van der Waals surface area contributed by atoms with Crippen LogP contribution < -0.4 is 0 Å². The zero-order valence-electron chi connectivity index (χ0n) is 15.2. The third-order valence-corrected chi connectivity index (χ3v) is 10.5. The maximum Gasteiger partial charge on any atom is 0.338 e. The van der Waals surface area contributed by atoms with Gasteiger partial charge in [-0.15, -0.1) is 0 Å². The van der Waals surface area contributed by atoms with Gasteiger partial charge in [-0.25, -0.2) is 47.4 Å². The molecule has 1 unspecified atom stereocenters. The standard InChI is InChI=1S/C11H16BNO10S5/c1-24(14,15)7-8(25(2,16)17)10(27(4,20)21)12(6-13)11(28(5,22)23)9(7)26(3,18)19/h10H,1-5H3. The lowest BCUT2D eigenvalue weighted by molar-refractivity contribution is 0.592. The minimum atomic E-state index is -4.78. The van der Waals surface area contributed by atoms with Crippen molar-refractivity contribution >= 4 is 55.9 Å². The maximum absolute atomic E-state index is 12.3. The van der Waals surface area contributed by atoms with Crippen molar-refractivity contribution in [2.75, 3.05) is 31.3 Å². The predicted molar refractivity (Wildman–Crippen MR) is 103 cm³/mol. The van der Waals surface area contributed by atoms with Crippen LogP contribution in [0.1, 0.15) is 0 Å². The Morgan fingerprint density at radius 2 is 1.07 bits per heavy atom. The first kappa shape index (κ1) is 24.8. The summed E-state index contributed by atoms with van der Waals surface area (Å²) >= 11 is 0. The molecular weight excluding hydrogens is 477 g/mol. The fourth-order valence-electron chi connectivity index (χ4n) is 2.83. The molecule has 1 atom stereocenters. The van der Waals surface area contributed by atoms with E-state index in [0.29, 0.717) is 31.3 Å². The van der Waals surface area contributed by atoms with Gasteiger partial charge in [0.2, 0.25) is 0 Å². The van der Waals surface area contributed by atoms with Gasteiger partial charge in [-0.1, -0.05) is 0 Å². The Hall–Kier alpha value is -1.22. The summed E-state index contributed by atoms with van der Waals surface area (Å²) < 4.78 is 123. The lowest BCUT2D eigenvalue weighted by Crippen LogP contribution is -2.48. The number of sulfone groups is 5. The molecule has 1 aliphatic heterocycles. The number of nitriles is 1. The maximum atomic E-state index is 12.3. The highest BCUT2D eigenvalue weighted by Crippen LogP contribution is 2.42. The molecule has 0 radical (unpaired) electrons. The quantitative estimate of drug-likeness (QED) is 0.372. The van der Waals surface area contributed by atoms with Crippen LogP contribution in [-0.4, -0.2) is 85.2 Å². The number of hydrogen-bond acceptors (Lipinski definition) is 11. The second-order valence-electron chi connectivity index (χ2n) is 6.33. The van der Waals surface area contributed by atoms with Crippen molar-refractivity contribution in [2.24, 2.45) is 0 Å². The molecule has 0 aromatic rings. The third-order valence-electron chi connectivity index (χ3n) is 3.64. The molecule has 0 aliphatic carbocycles. The van der Waals surface area contributed by atoms with Crippen LogP contribution in [0.25, 0.3) is 0 Å². The van der Waals surface area contributed by atoms with Crippen molar-refractivity contribution in [3.8, 4) is 5.97 Å². The van der Waals surface area contributed by atoms with E-state index >= 15 is 0 Å².